The van der Waals surface area contributed by atoms with Gasteiger partial charge in [0.2, 0.25) is 0 Å². The van der Waals surface area contributed by atoms with Gasteiger partial charge in [-0.1, -0.05) is 18.2 Å². The van der Waals surface area contributed by atoms with Crippen molar-refractivity contribution < 1.29 is 4.74 Å². The predicted octanol–water partition coefficient (Wildman–Crippen LogP) is 2.70. The van der Waals surface area contributed by atoms with Gasteiger partial charge >= 0.3 is 0 Å². The summed E-state index contributed by atoms with van der Waals surface area (Å²) in [4.78, 5) is 4.15. The average molecular weight is 214 g/mol. The molecule has 0 spiro atoms. The smallest absolute Gasteiger partial charge is 0.126 e. The third kappa shape index (κ3) is 2.73. The summed E-state index contributed by atoms with van der Waals surface area (Å²) < 4.78 is 5.64. The Morgan fingerprint density at radius 2 is 2.00 bits per heavy atom. The zero-order valence-electron chi connectivity index (χ0n) is 9.18. The van der Waals surface area contributed by atoms with E-state index in [-0.39, 0.29) is 0 Å². The molecule has 1 heterocycles. The Bertz CT molecular complexity index is 443. The second-order valence-corrected chi connectivity index (χ2v) is 3.40. The van der Waals surface area contributed by atoms with Crippen LogP contribution in [0.5, 0.6) is 5.75 Å². The Hall–Kier alpha value is -2.03. The second kappa shape index (κ2) is 5.16. The molecule has 0 atom stereocenters. The van der Waals surface area contributed by atoms with Crippen molar-refractivity contribution in [2.75, 3.05) is 12.4 Å². The summed E-state index contributed by atoms with van der Waals surface area (Å²) in [7, 11) is 1.85. The van der Waals surface area contributed by atoms with Gasteiger partial charge in [-0.3, -0.25) is 0 Å². The zero-order chi connectivity index (χ0) is 11.2. The van der Waals surface area contributed by atoms with Crippen molar-refractivity contribution in [3.05, 3.63) is 54.2 Å². The molecule has 0 saturated carbocycles. The van der Waals surface area contributed by atoms with Gasteiger partial charge in [0.25, 0.3) is 0 Å². The number of anilines is 1. The molecule has 0 amide bonds. The first-order chi connectivity index (χ1) is 7.88. The molecule has 0 aliphatic rings. The molecule has 2 rings (SSSR count). The minimum Gasteiger partial charge on any atom is -0.489 e. The molecule has 0 radical (unpaired) electrons. The normalized spacial score (nSPS) is 9.81. The first-order valence-electron chi connectivity index (χ1n) is 5.19. The van der Waals surface area contributed by atoms with E-state index in [1.807, 2.05) is 49.5 Å². The fraction of sp³-hybridized carbons (Fsp3) is 0.154. The van der Waals surface area contributed by atoms with Crippen LogP contribution in [-0.2, 0) is 6.61 Å². The highest BCUT2D eigenvalue weighted by Gasteiger charge is 1.97. The number of pyridine rings is 1. The van der Waals surface area contributed by atoms with Gasteiger partial charge in [-0.05, 0) is 29.8 Å². The molecule has 1 aromatic carbocycles. The molecule has 82 valence electrons. The Morgan fingerprint density at radius 1 is 1.19 bits per heavy atom. The lowest BCUT2D eigenvalue weighted by Gasteiger charge is -2.06. The number of aromatic nitrogens is 1. The number of rotatable bonds is 4. The molecular weight excluding hydrogens is 200 g/mol. The molecule has 0 bridgehead atoms. The molecular formula is C13H14N2O. The highest BCUT2D eigenvalue weighted by atomic mass is 16.5. The van der Waals surface area contributed by atoms with Crippen LogP contribution in [0.4, 0.5) is 5.82 Å². The van der Waals surface area contributed by atoms with E-state index >= 15 is 0 Å². The van der Waals surface area contributed by atoms with Crippen molar-refractivity contribution in [2.45, 2.75) is 6.61 Å². The van der Waals surface area contributed by atoms with Crippen molar-refractivity contribution in [2.24, 2.45) is 0 Å². The van der Waals surface area contributed by atoms with Gasteiger partial charge in [0.1, 0.15) is 18.2 Å². The highest BCUT2D eigenvalue weighted by molar-refractivity contribution is 5.36. The molecule has 3 heteroatoms. The van der Waals surface area contributed by atoms with Gasteiger partial charge in [0.05, 0.1) is 0 Å². The van der Waals surface area contributed by atoms with E-state index in [4.69, 9.17) is 4.74 Å². The Balaban J connectivity index is 1.99. The summed E-state index contributed by atoms with van der Waals surface area (Å²) in [6.45, 7) is 0.557. The minimum absolute atomic E-state index is 0.557. The molecule has 1 N–H and O–H groups in total. The van der Waals surface area contributed by atoms with Gasteiger partial charge in [0, 0.05) is 13.2 Å². The van der Waals surface area contributed by atoms with Crippen LogP contribution in [0.2, 0.25) is 0 Å². The van der Waals surface area contributed by atoms with Crippen LogP contribution in [0, 0.1) is 0 Å². The standard InChI is InChI=1S/C13H14N2O/c1-14-13-9-11(7-8-15-13)10-16-12-5-3-2-4-6-12/h2-9H,10H2,1H3,(H,14,15). The topological polar surface area (TPSA) is 34.1 Å². The maximum Gasteiger partial charge on any atom is 0.126 e. The Labute approximate surface area is 95.1 Å². The van der Waals surface area contributed by atoms with E-state index in [0.717, 1.165) is 17.1 Å². The molecule has 0 aliphatic carbocycles. The van der Waals surface area contributed by atoms with Crippen LogP contribution >= 0.6 is 0 Å². The molecule has 2 aromatic rings. The predicted molar refractivity (Wildman–Crippen MR) is 64.6 cm³/mol. The molecule has 1 aromatic heterocycles. The third-order valence-corrected chi connectivity index (χ3v) is 2.23. The van der Waals surface area contributed by atoms with Crippen molar-refractivity contribution >= 4 is 5.82 Å². The Morgan fingerprint density at radius 3 is 2.75 bits per heavy atom. The lowest BCUT2D eigenvalue weighted by Crippen LogP contribution is -1.98. The number of benzene rings is 1. The average Bonchev–Trinajstić information content (AvgIpc) is 2.38. The lowest BCUT2D eigenvalue weighted by atomic mass is 10.3. The Kier molecular flexibility index (Phi) is 3.38. The van der Waals surface area contributed by atoms with Crippen LogP contribution in [0.1, 0.15) is 5.56 Å². The maximum absolute atomic E-state index is 5.64. The van der Waals surface area contributed by atoms with Crippen molar-refractivity contribution in [1.29, 1.82) is 0 Å². The number of hydrogen-bond acceptors (Lipinski definition) is 3. The number of ether oxygens (including phenoxy) is 1. The molecule has 0 unspecified atom stereocenters. The van der Waals surface area contributed by atoms with E-state index in [0.29, 0.717) is 6.61 Å². The van der Waals surface area contributed by atoms with Crippen LogP contribution in [0.3, 0.4) is 0 Å². The SMILES string of the molecule is CNc1cc(COc2ccccc2)ccn1. The van der Waals surface area contributed by atoms with Gasteiger partial charge in [-0.2, -0.15) is 0 Å². The third-order valence-electron chi connectivity index (χ3n) is 2.23. The van der Waals surface area contributed by atoms with Crippen molar-refractivity contribution in [1.82, 2.24) is 4.98 Å². The van der Waals surface area contributed by atoms with Gasteiger partial charge < -0.3 is 10.1 Å². The monoisotopic (exact) mass is 214 g/mol. The number of para-hydroxylation sites is 1. The highest BCUT2D eigenvalue weighted by Crippen LogP contribution is 2.12. The van der Waals surface area contributed by atoms with E-state index in [1.54, 1.807) is 6.20 Å². The summed E-state index contributed by atoms with van der Waals surface area (Å²) in [6.07, 6.45) is 1.77. The molecule has 3 nitrogen and oxygen atoms in total. The van der Waals surface area contributed by atoms with Gasteiger partial charge in [-0.25, -0.2) is 4.98 Å². The first kappa shape index (κ1) is 10.5. The lowest BCUT2D eigenvalue weighted by molar-refractivity contribution is 0.306. The summed E-state index contributed by atoms with van der Waals surface area (Å²) in [5.41, 5.74) is 1.10. The van der Waals surface area contributed by atoms with Crippen LogP contribution < -0.4 is 10.1 Å². The summed E-state index contributed by atoms with van der Waals surface area (Å²) in [6, 6.07) is 13.7. The van der Waals surface area contributed by atoms with Crippen LogP contribution in [0.25, 0.3) is 0 Å². The molecule has 0 fully saturated rings. The fourth-order valence-electron chi connectivity index (χ4n) is 1.38. The second-order valence-electron chi connectivity index (χ2n) is 3.40. The van der Waals surface area contributed by atoms with E-state index < -0.39 is 0 Å². The summed E-state index contributed by atoms with van der Waals surface area (Å²) in [5.74, 6) is 1.74. The maximum atomic E-state index is 5.64. The molecule has 0 saturated heterocycles. The molecule has 16 heavy (non-hydrogen) atoms. The van der Waals surface area contributed by atoms with E-state index in [1.165, 1.54) is 0 Å². The first-order valence-corrected chi connectivity index (χ1v) is 5.19. The van der Waals surface area contributed by atoms with E-state index in [2.05, 4.69) is 10.3 Å². The summed E-state index contributed by atoms with van der Waals surface area (Å²) in [5, 5.41) is 3.00. The van der Waals surface area contributed by atoms with Crippen LogP contribution in [-0.4, -0.2) is 12.0 Å². The van der Waals surface area contributed by atoms with E-state index in [9.17, 15) is 0 Å². The number of hydrogen-bond donors (Lipinski definition) is 1. The van der Waals surface area contributed by atoms with Gasteiger partial charge in [-0.15, -0.1) is 0 Å². The molecule has 0 aliphatic heterocycles. The van der Waals surface area contributed by atoms with Crippen molar-refractivity contribution in [3.63, 3.8) is 0 Å². The largest absolute Gasteiger partial charge is 0.489 e. The fourth-order valence-corrected chi connectivity index (χ4v) is 1.38. The number of nitrogens with zero attached hydrogens (tertiary/aromatic N) is 1. The summed E-state index contributed by atoms with van der Waals surface area (Å²) >= 11 is 0. The number of nitrogens with one attached hydrogen (secondary N) is 1. The van der Waals surface area contributed by atoms with Crippen molar-refractivity contribution in [3.8, 4) is 5.75 Å². The zero-order valence-corrected chi connectivity index (χ0v) is 9.18. The van der Waals surface area contributed by atoms with Crippen LogP contribution in [0.15, 0.2) is 48.7 Å². The van der Waals surface area contributed by atoms with Gasteiger partial charge in [0.15, 0.2) is 0 Å². The quantitative estimate of drug-likeness (QED) is 0.849. The minimum atomic E-state index is 0.557.